The third-order valence-electron chi connectivity index (χ3n) is 3.17. The Morgan fingerprint density at radius 3 is 3.00 bits per heavy atom. The normalized spacial score (nSPS) is 12.5. The Bertz CT molecular complexity index is 642. The van der Waals surface area contributed by atoms with Crippen molar-refractivity contribution in [2.45, 2.75) is 26.3 Å². The number of benzene rings is 1. The number of hydrogen-bond donors (Lipinski definition) is 2. The van der Waals surface area contributed by atoms with Crippen molar-refractivity contribution in [2.75, 3.05) is 17.2 Å². The molecule has 114 valence electrons. The lowest BCUT2D eigenvalue weighted by atomic mass is 10.2. The first-order valence-electron chi connectivity index (χ1n) is 6.89. The van der Waals surface area contributed by atoms with Gasteiger partial charge in [-0.25, -0.2) is 0 Å². The molecule has 1 aromatic heterocycles. The second-order valence-electron chi connectivity index (χ2n) is 4.85. The van der Waals surface area contributed by atoms with Crippen LogP contribution in [-0.4, -0.2) is 23.5 Å². The van der Waals surface area contributed by atoms with E-state index in [4.69, 9.17) is 17.3 Å². The average molecular weight is 343 g/mol. The average Bonchev–Trinajstić information content (AvgIpc) is 2.76. The highest BCUT2D eigenvalue weighted by molar-refractivity contribution is 7.99. The number of halogens is 1. The number of thiophene rings is 1. The molecule has 1 atom stereocenters. The van der Waals surface area contributed by atoms with Crippen molar-refractivity contribution in [3.8, 4) is 0 Å². The number of nitrogens with one attached hydrogen (secondary N) is 1. The maximum Gasteiger partial charge on any atom is 0.263 e. The van der Waals surface area contributed by atoms with E-state index in [1.807, 2.05) is 30.8 Å². The molecule has 6 heteroatoms. The summed E-state index contributed by atoms with van der Waals surface area (Å²) in [6, 6.07) is 5.66. The molecule has 1 amide bonds. The molecule has 1 heterocycles. The molecule has 1 aromatic carbocycles. The second-order valence-corrected chi connectivity index (χ2v) is 7.73. The highest BCUT2D eigenvalue weighted by Crippen LogP contribution is 2.35. The summed E-state index contributed by atoms with van der Waals surface area (Å²) in [4.78, 5) is 12.9. The third-order valence-corrected chi connectivity index (χ3v) is 5.52. The predicted octanol–water partition coefficient (Wildman–Crippen LogP) is 4.40. The van der Waals surface area contributed by atoms with Gasteiger partial charge in [0.15, 0.2) is 0 Å². The van der Waals surface area contributed by atoms with Crippen LogP contribution in [-0.2, 0) is 0 Å². The third kappa shape index (κ3) is 4.05. The van der Waals surface area contributed by atoms with E-state index in [1.165, 1.54) is 11.3 Å². The second kappa shape index (κ2) is 7.38. The van der Waals surface area contributed by atoms with Gasteiger partial charge in [0.1, 0.15) is 4.88 Å². The lowest BCUT2D eigenvalue weighted by Crippen LogP contribution is -2.32. The van der Waals surface area contributed by atoms with Crippen molar-refractivity contribution >= 4 is 56.4 Å². The van der Waals surface area contributed by atoms with Crippen molar-refractivity contribution in [3.63, 3.8) is 0 Å². The summed E-state index contributed by atoms with van der Waals surface area (Å²) in [5.41, 5.74) is 6.61. The fourth-order valence-electron chi connectivity index (χ4n) is 2.02. The minimum Gasteiger partial charge on any atom is -0.397 e. The quantitative estimate of drug-likeness (QED) is 0.765. The predicted molar refractivity (Wildman–Crippen MR) is 95.8 cm³/mol. The van der Waals surface area contributed by atoms with E-state index < -0.39 is 0 Å². The van der Waals surface area contributed by atoms with Gasteiger partial charge in [-0.3, -0.25) is 4.79 Å². The van der Waals surface area contributed by atoms with Crippen molar-refractivity contribution in [1.29, 1.82) is 0 Å². The summed E-state index contributed by atoms with van der Waals surface area (Å²) in [5.74, 6) is 2.05. The van der Waals surface area contributed by atoms with Gasteiger partial charge in [-0.1, -0.05) is 18.5 Å². The molecule has 0 aliphatic heterocycles. The molecule has 0 aliphatic rings. The van der Waals surface area contributed by atoms with Crippen LogP contribution in [0.4, 0.5) is 5.69 Å². The van der Waals surface area contributed by atoms with E-state index >= 15 is 0 Å². The Hall–Kier alpha value is -0.910. The molecular formula is C15H19ClN2OS2. The fourth-order valence-corrected chi connectivity index (χ4v) is 4.01. The molecule has 0 aliphatic carbocycles. The first-order valence-corrected chi connectivity index (χ1v) is 9.24. The van der Waals surface area contributed by atoms with Gasteiger partial charge in [-0.05, 0) is 43.0 Å². The van der Waals surface area contributed by atoms with E-state index in [0.717, 1.165) is 28.0 Å². The molecule has 1 unspecified atom stereocenters. The molecule has 0 bridgehead atoms. The SMILES string of the molecule is CCSCCC(C)NC(=O)c1sc2ccc(Cl)cc2c1N. The molecule has 0 fully saturated rings. The molecule has 0 radical (unpaired) electrons. The summed E-state index contributed by atoms with van der Waals surface area (Å²) < 4.78 is 0.983. The summed E-state index contributed by atoms with van der Waals surface area (Å²) in [5, 5.41) is 4.50. The lowest BCUT2D eigenvalue weighted by molar-refractivity contribution is 0.0944. The van der Waals surface area contributed by atoms with Crippen molar-refractivity contribution in [1.82, 2.24) is 5.32 Å². The van der Waals surface area contributed by atoms with Crippen LogP contribution in [0.2, 0.25) is 5.02 Å². The Morgan fingerprint density at radius 2 is 2.29 bits per heavy atom. The topological polar surface area (TPSA) is 55.1 Å². The zero-order valence-electron chi connectivity index (χ0n) is 12.1. The highest BCUT2D eigenvalue weighted by atomic mass is 35.5. The van der Waals surface area contributed by atoms with E-state index in [9.17, 15) is 4.79 Å². The Morgan fingerprint density at radius 1 is 1.52 bits per heavy atom. The van der Waals surface area contributed by atoms with Crippen LogP contribution >= 0.6 is 34.7 Å². The molecule has 2 rings (SSSR count). The van der Waals surface area contributed by atoms with E-state index in [0.29, 0.717) is 15.6 Å². The van der Waals surface area contributed by atoms with E-state index in [2.05, 4.69) is 12.2 Å². The number of carbonyl (C=O) groups excluding carboxylic acids is 1. The molecule has 3 nitrogen and oxygen atoms in total. The fraction of sp³-hybridized carbons (Fsp3) is 0.400. The van der Waals surface area contributed by atoms with Crippen LogP contribution in [0.15, 0.2) is 18.2 Å². The number of nitrogens with two attached hydrogens (primary N) is 1. The molecule has 3 N–H and O–H groups in total. The number of fused-ring (bicyclic) bond motifs is 1. The summed E-state index contributed by atoms with van der Waals surface area (Å²) >= 11 is 9.27. The molecule has 0 saturated carbocycles. The van der Waals surface area contributed by atoms with Gasteiger partial charge >= 0.3 is 0 Å². The first-order chi connectivity index (χ1) is 10.0. The number of rotatable bonds is 6. The number of hydrogen-bond acceptors (Lipinski definition) is 4. The van der Waals surface area contributed by atoms with Crippen LogP contribution in [0.1, 0.15) is 29.9 Å². The zero-order chi connectivity index (χ0) is 15.4. The smallest absolute Gasteiger partial charge is 0.263 e. The molecule has 0 saturated heterocycles. The maximum absolute atomic E-state index is 12.3. The first kappa shape index (κ1) is 16.5. The number of carbonyl (C=O) groups is 1. The van der Waals surface area contributed by atoms with Crippen LogP contribution < -0.4 is 11.1 Å². The van der Waals surface area contributed by atoms with Crippen LogP contribution in [0.25, 0.3) is 10.1 Å². The highest BCUT2D eigenvalue weighted by Gasteiger charge is 2.18. The van der Waals surface area contributed by atoms with Gasteiger partial charge in [-0.15, -0.1) is 11.3 Å². The Balaban J connectivity index is 2.10. The van der Waals surface area contributed by atoms with Gasteiger partial charge < -0.3 is 11.1 Å². The van der Waals surface area contributed by atoms with Crippen LogP contribution in [0.3, 0.4) is 0 Å². The largest absolute Gasteiger partial charge is 0.397 e. The van der Waals surface area contributed by atoms with Gasteiger partial charge in [-0.2, -0.15) is 11.8 Å². The minimum atomic E-state index is -0.0983. The van der Waals surface area contributed by atoms with E-state index in [-0.39, 0.29) is 11.9 Å². The zero-order valence-corrected chi connectivity index (χ0v) is 14.5. The summed E-state index contributed by atoms with van der Waals surface area (Å²) in [6.07, 6.45) is 0.959. The van der Waals surface area contributed by atoms with Crippen LogP contribution in [0.5, 0.6) is 0 Å². The standard InChI is InChI=1S/C15H19ClN2OS2/c1-3-20-7-6-9(2)18-15(19)14-13(17)11-8-10(16)4-5-12(11)21-14/h4-5,8-9H,3,6-7,17H2,1-2H3,(H,18,19). The number of nitrogen functional groups attached to an aromatic ring is 1. The Labute approximate surface area is 138 Å². The van der Waals surface area contributed by atoms with E-state index in [1.54, 1.807) is 6.07 Å². The van der Waals surface area contributed by atoms with Crippen molar-refractivity contribution in [2.24, 2.45) is 0 Å². The van der Waals surface area contributed by atoms with Crippen LogP contribution in [0, 0.1) is 0 Å². The monoisotopic (exact) mass is 342 g/mol. The van der Waals surface area contributed by atoms with Crippen molar-refractivity contribution < 1.29 is 4.79 Å². The number of anilines is 1. The van der Waals surface area contributed by atoms with Gasteiger partial charge in [0.2, 0.25) is 0 Å². The number of amides is 1. The van der Waals surface area contributed by atoms with Gasteiger partial charge in [0.25, 0.3) is 5.91 Å². The molecular weight excluding hydrogens is 324 g/mol. The van der Waals surface area contributed by atoms with Gasteiger partial charge in [0.05, 0.1) is 5.69 Å². The summed E-state index contributed by atoms with van der Waals surface area (Å²) in [7, 11) is 0. The lowest BCUT2D eigenvalue weighted by Gasteiger charge is -2.12. The minimum absolute atomic E-state index is 0.0983. The molecule has 21 heavy (non-hydrogen) atoms. The molecule has 2 aromatic rings. The number of thioether (sulfide) groups is 1. The van der Waals surface area contributed by atoms with Gasteiger partial charge in [0, 0.05) is 21.2 Å². The van der Waals surface area contributed by atoms with Crippen molar-refractivity contribution in [3.05, 3.63) is 28.1 Å². The Kier molecular flexibility index (Phi) is 5.79. The molecule has 0 spiro atoms. The maximum atomic E-state index is 12.3. The summed E-state index contributed by atoms with van der Waals surface area (Å²) in [6.45, 7) is 4.16.